The Morgan fingerprint density at radius 3 is 2.45 bits per heavy atom. The van der Waals surface area contributed by atoms with E-state index in [0.29, 0.717) is 22.2 Å². The van der Waals surface area contributed by atoms with Gasteiger partial charge in [-0.15, -0.1) is 0 Å². The van der Waals surface area contributed by atoms with Crippen molar-refractivity contribution in [1.29, 1.82) is 0 Å². The van der Waals surface area contributed by atoms with Crippen LogP contribution < -0.4 is 5.32 Å². The average Bonchev–Trinajstić information content (AvgIpc) is 2.44. The standard InChI is InChI=1S/C15H12BrCl2NO/c16-13-6-3-11(9-14(13)18)15(20)19-8-7-10-1-4-12(17)5-2-10/h1-6,9H,7-8H2,(H,19,20). The van der Waals surface area contributed by atoms with Crippen molar-refractivity contribution in [2.24, 2.45) is 0 Å². The van der Waals surface area contributed by atoms with Crippen LogP contribution in [0.3, 0.4) is 0 Å². The number of carbonyl (C=O) groups is 1. The molecule has 0 atom stereocenters. The van der Waals surface area contributed by atoms with Gasteiger partial charge in [0.25, 0.3) is 5.91 Å². The van der Waals surface area contributed by atoms with Gasteiger partial charge in [-0.05, 0) is 58.2 Å². The van der Waals surface area contributed by atoms with E-state index in [0.717, 1.165) is 16.5 Å². The quantitative estimate of drug-likeness (QED) is 0.825. The molecule has 0 unspecified atom stereocenters. The number of halogens is 3. The summed E-state index contributed by atoms with van der Waals surface area (Å²) < 4.78 is 0.775. The van der Waals surface area contributed by atoms with Crippen LogP contribution in [0, 0.1) is 0 Å². The van der Waals surface area contributed by atoms with Gasteiger partial charge in [0.2, 0.25) is 0 Å². The van der Waals surface area contributed by atoms with Gasteiger partial charge in [-0.1, -0.05) is 35.3 Å². The van der Waals surface area contributed by atoms with Crippen LogP contribution in [-0.4, -0.2) is 12.5 Å². The molecule has 1 N–H and O–H groups in total. The fourth-order valence-electron chi connectivity index (χ4n) is 1.71. The second-order valence-electron chi connectivity index (χ2n) is 4.26. The summed E-state index contributed by atoms with van der Waals surface area (Å²) in [5, 5.41) is 4.10. The summed E-state index contributed by atoms with van der Waals surface area (Å²) in [6.45, 7) is 0.564. The molecule has 0 saturated heterocycles. The Morgan fingerprint density at radius 2 is 1.80 bits per heavy atom. The zero-order valence-corrected chi connectivity index (χ0v) is 13.6. The Bertz CT molecular complexity index is 614. The molecule has 0 bridgehead atoms. The Balaban J connectivity index is 1.88. The first-order valence-electron chi connectivity index (χ1n) is 6.04. The van der Waals surface area contributed by atoms with Crippen molar-refractivity contribution in [3.05, 3.63) is 68.1 Å². The minimum atomic E-state index is -0.131. The SMILES string of the molecule is O=C(NCCc1ccc(Cl)cc1)c1ccc(Br)c(Cl)c1. The molecular weight excluding hydrogens is 361 g/mol. The molecule has 20 heavy (non-hydrogen) atoms. The van der Waals surface area contributed by atoms with E-state index in [1.807, 2.05) is 24.3 Å². The third-order valence-corrected chi connectivity index (χ3v) is 4.28. The lowest BCUT2D eigenvalue weighted by molar-refractivity contribution is 0.0954. The molecule has 2 nitrogen and oxygen atoms in total. The van der Waals surface area contributed by atoms with Gasteiger partial charge in [-0.25, -0.2) is 0 Å². The number of amides is 1. The van der Waals surface area contributed by atoms with Crippen molar-refractivity contribution in [3.63, 3.8) is 0 Å². The molecule has 0 spiro atoms. The molecule has 0 saturated carbocycles. The van der Waals surface area contributed by atoms with E-state index >= 15 is 0 Å². The lowest BCUT2D eigenvalue weighted by Gasteiger charge is -2.06. The van der Waals surface area contributed by atoms with Crippen LogP contribution in [0.15, 0.2) is 46.9 Å². The van der Waals surface area contributed by atoms with Crippen LogP contribution in [-0.2, 0) is 6.42 Å². The van der Waals surface area contributed by atoms with Crippen LogP contribution in [0.25, 0.3) is 0 Å². The van der Waals surface area contributed by atoms with Crippen molar-refractivity contribution in [3.8, 4) is 0 Å². The molecule has 0 radical (unpaired) electrons. The van der Waals surface area contributed by atoms with Crippen molar-refractivity contribution < 1.29 is 4.79 Å². The summed E-state index contributed by atoms with van der Waals surface area (Å²) >= 11 is 15.1. The van der Waals surface area contributed by atoms with Gasteiger partial charge < -0.3 is 5.32 Å². The third-order valence-electron chi connectivity index (χ3n) is 2.79. The molecule has 0 aromatic heterocycles. The lowest BCUT2D eigenvalue weighted by Crippen LogP contribution is -2.25. The Hall–Kier alpha value is -1.03. The molecule has 0 aliphatic rings. The van der Waals surface area contributed by atoms with Crippen molar-refractivity contribution >= 4 is 45.0 Å². The van der Waals surface area contributed by atoms with E-state index in [2.05, 4.69) is 21.2 Å². The molecule has 1 amide bonds. The van der Waals surface area contributed by atoms with E-state index in [9.17, 15) is 4.79 Å². The molecule has 0 aliphatic carbocycles. The van der Waals surface area contributed by atoms with Gasteiger partial charge in [0.1, 0.15) is 0 Å². The van der Waals surface area contributed by atoms with E-state index in [1.165, 1.54) is 0 Å². The smallest absolute Gasteiger partial charge is 0.251 e. The molecule has 0 fully saturated rings. The number of nitrogens with one attached hydrogen (secondary N) is 1. The lowest BCUT2D eigenvalue weighted by atomic mass is 10.1. The highest BCUT2D eigenvalue weighted by atomic mass is 79.9. The predicted molar refractivity (Wildman–Crippen MR) is 86.6 cm³/mol. The van der Waals surface area contributed by atoms with E-state index in [1.54, 1.807) is 18.2 Å². The zero-order chi connectivity index (χ0) is 14.5. The van der Waals surface area contributed by atoms with Gasteiger partial charge in [0.05, 0.1) is 5.02 Å². The largest absolute Gasteiger partial charge is 0.352 e. The first-order chi connectivity index (χ1) is 9.56. The minimum Gasteiger partial charge on any atom is -0.352 e. The molecule has 104 valence electrons. The van der Waals surface area contributed by atoms with Gasteiger partial charge >= 0.3 is 0 Å². The number of rotatable bonds is 4. The van der Waals surface area contributed by atoms with Crippen LogP contribution >= 0.6 is 39.1 Å². The molecule has 0 heterocycles. The van der Waals surface area contributed by atoms with E-state index in [-0.39, 0.29) is 5.91 Å². The summed E-state index contributed by atoms with van der Waals surface area (Å²) in [5.74, 6) is -0.131. The highest BCUT2D eigenvalue weighted by Gasteiger charge is 2.07. The fourth-order valence-corrected chi connectivity index (χ4v) is 2.26. The Kier molecular flexibility index (Phi) is 5.46. The minimum absolute atomic E-state index is 0.131. The predicted octanol–water partition coefficient (Wildman–Crippen LogP) is 4.73. The summed E-state index contributed by atoms with van der Waals surface area (Å²) in [4.78, 5) is 11.9. The van der Waals surface area contributed by atoms with Crippen molar-refractivity contribution in [2.45, 2.75) is 6.42 Å². The summed E-state index contributed by atoms with van der Waals surface area (Å²) in [5.41, 5.74) is 1.68. The topological polar surface area (TPSA) is 29.1 Å². The number of carbonyl (C=O) groups excluding carboxylic acids is 1. The summed E-state index contributed by atoms with van der Waals surface area (Å²) in [6.07, 6.45) is 0.757. The third kappa shape index (κ3) is 4.23. The average molecular weight is 373 g/mol. The van der Waals surface area contributed by atoms with Gasteiger partial charge in [-0.3, -0.25) is 4.79 Å². The highest BCUT2D eigenvalue weighted by molar-refractivity contribution is 9.10. The first-order valence-corrected chi connectivity index (χ1v) is 7.59. The fraction of sp³-hybridized carbons (Fsp3) is 0.133. The molecule has 5 heteroatoms. The number of hydrogen-bond acceptors (Lipinski definition) is 1. The second-order valence-corrected chi connectivity index (χ2v) is 5.96. The van der Waals surface area contributed by atoms with Crippen molar-refractivity contribution in [2.75, 3.05) is 6.54 Å². The Morgan fingerprint density at radius 1 is 1.10 bits per heavy atom. The molecule has 0 aliphatic heterocycles. The summed E-state index contributed by atoms with van der Waals surface area (Å²) in [7, 11) is 0. The van der Waals surface area contributed by atoms with Crippen LogP contribution in [0.5, 0.6) is 0 Å². The van der Waals surface area contributed by atoms with Gasteiger partial charge in [-0.2, -0.15) is 0 Å². The maximum absolute atomic E-state index is 11.9. The first kappa shape index (κ1) is 15.4. The van der Waals surface area contributed by atoms with Crippen LogP contribution in [0.1, 0.15) is 15.9 Å². The highest BCUT2D eigenvalue weighted by Crippen LogP contribution is 2.23. The van der Waals surface area contributed by atoms with E-state index < -0.39 is 0 Å². The van der Waals surface area contributed by atoms with Gasteiger partial charge in [0.15, 0.2) is 0 Å². The molecule has 2 aromatic carbocycles. The van der Waals surface area contributed by atoms with Crippen LogP contribution in [0.4, 0.5) is 0 Å². The van der Waals surface area contributed by atoms with Gasteiger partial charge in [0, 0.05) is 21.6 Å². The number of benzene rings is 2. The normalized spacial score (nSPS) is 10.3. The maximum Gasteiger partial charge on any atom is 0.251 e. The Labute approximate surface area is 136 Å². The second kappa shape index (κ2) is 7.11. The zero-order valence-electron chi connectivity index (χ0n) is 10.5. The van der Waals surface area contributed by atoms with Crippen LogP contribution in [0.2, 0.25) is 10.0 Å². The number of hydrogen-bond donors (Lipinski definition) is 1. The van der Waals surface area contributed by atoms with Crippen molar-refractivity contribution in [1.82, 2.24) is 5.32 Å². The van der Waals surface area contributed by atoms with E-state index in [4.69, 9.17) is 23.2 Å². The maximum atomic E-state index is 11.9. The summed E-state index contributed by atoms with van der Waals surface area (Å²) in [6, 6.07) is 12.7. The molecule has 2 aromatic rings. The molecular formula is C15H12BrCl2NO. The molecule has 2 rings (SSSR count). The monoisotopic (exact) mass is 371 g/mol.